The highest BCUT2D eigenvalue weighted by Crippen LogP contribution is 2.31. The van der Waals surface area contributed by atoms with Crippen LogP contribution >= 0.6 is 11.6 Å². The lowest BCUT2D eigenvalue weighted by Crippen LogP contribution is -2.17. The van der Waals surface area contributed by atoms with Crippen LogP contribution in [0.2, 0.25) is 5.02 Å². The third-order valence-corrected chi connectivity index (χ3v) is 2.78. The van der Waals surface area contributed by atoms with E-state index < -0.39 is 17.9 Å². The van der Waals surface area contributed by atoms with E-state index in [1.165, 1.54) is 18.2 Å². The van der Waals surface area contributed by atoms with Gasteiger partial charge in [0, 0.05) is 18.2 Å². The molecule has 0 bridgehead atoms. The van der Waals surface area contributed by atoms with Crippen molar-refractivity contribution in [3.63, 3.8) is 0 Å². The molecule has 2 aromatic carbocycles. The number of hydrogen-bond acceptors (Lipinski definition) is 3. The number of aromatic hydroxyl groups is 1. The molecule has 2 aromatic rings. The van der Waals surface area contributed by atoms with Crippen LogP contribution in [0.3, 0.4) is 0 Å². The second-order valence-electron chi connectivity index (χ2n) is 4.25. The molecule has 0 radical (unpaired) electrons. The molecule has 0 atom stereocenters. The van der Waals surface area contributed by atoms with Gasteiger partial charge in [0.2, 0.25) is 0 Å². The Labute approximate surface area is 127 Å². The smallest absolute Gasteiger partial charge is 0.508 e. The Bertz CT molecular complexity index is 653. The van der Waals surface area contributed by atoms with Crippen molar-refractivity contribution in [3.05, 3.63) is 52.8 Å². The van der Waals surface area contributed by atoms with Gasteiger partial charge in [0.15, 0.2) is 0 Å². The summed E-state index contributed by atoms with van der Waals surface area (Å²) in [6.45, 7) is -0.0745. The molecule has 0 unspecified atom stereocenters. The maximum atomic E-state index is 13.0. The minimum absolute atomic E-state index is 0.0734. The van der Waals surface area contributed by atoms with Gasteiger partial charge in [0.25, 0.3) is 0 Å². The third-order valence-electron chi connectivity index (χ3n) is 2.48. The van der Waals surface area contributed by atoms with Gasteiger partial charge >= 0.3 is 6.36 Å². The molecule has 118 valence electrons. The molecule has 22 heavy (non-hydrogen) atoms. The Balaban J connectivity index is 2.06. The molecule has 0 aliphatic carbocycles. The molecule has 8 heteroatoms. The number of ether oxygens (including phenoxy) is 2. The maximum Gasteiger partial charge on any atom is 0.573 e. The molecule has 0 amide bonds. The van der Waals surface area contributed by atoms with Gasteiger partial charge in [-0.05, 0) is 17.7 Å². The van der Waals surface area contributed by atoms with Crippen LogP contribution in [-0.4, -0.2) is 11.5 Å². The number of hydrogen-bond donors (Lipinski definition) is 1. The molecule has 0 aromatic heterocycles. The minimum Gasteiger partial charge on any atom is -0.508 e. The van der Waals surface area contributed by atoms with Crippen LogP contribution in [0.1, 0.15) is 5.56 Å². The van der Waals surface area contributed by atoms with Gasteiger partial charge in [0.1, 0.15) is 29.7 Å². The van der Waals surface area contributed by atoms with E-state index in [1.807, 2.05) is 0 Å². The predicted octanol–water partition coefficient (Wildman–Crippen LogP) is 4.66. The fraction of sp³-hybridized carbons (Fsp3) is 0.143. The lowest BCUT2D eigenvalue weighted by molar-refractivity contribution is -0.274. The van der Waals surface area contributed by atoms with Crippen LogP contribution < -0.4 is 9.47 Å². The number of benzene rings is 2. The molecule has 0 saturated carbocycles. The summed E-state index contributed by atoms with van der Waals surface area (Å²) in [5.41, 5.74) is 0.447. The Kier molecular flexibility index (Phi) is 4.65. The summed E-state index contributed by atoms with van der Waals surface area (Å²) in [7, 11) is 0. The number of rotatable bonds is 4. The van der Waals surface area contributed by atoms with Crippen molar-refractivity contribution < 1.29 is 32.1 Å². The van der Waals surface area contributed by atoms with Crippen molar-refractivity contribution >= 4 is 11.6 Å². The Morgan fingerprint density at radius 1 is 1.09 bits per heavy atom. The van der Waals surface area contributed by atoms with Crippen molar-refractivity contribution in [1.29, 1.82) is 0 Å². The predicted molar refractivity (Wildman–Crippen MR) is 70.5 cm³/mol. The average Bonchev–Trinajstić information content (AvgIpc) is 2.37. The minimum atomic E-state index is -4.83. The molecular weight excluding hydrogens is 328 g/mol. The van der Waals surface area contributed by atoms with Crippen LogP contribution in [0.4, 0.5) is 17.6 Å². The summed E-state index contributed by atoms with van der Waals surface area (Å²) in [6.07, 6.45) is -4.83. The van der Waals surface area contributed by atoms with E-state index in [4.69, 9.17) is 16.3 Å². The van der Waals surface area contributed by atoms with Crippen LogP contribution in [0.25, 0.3) is 0 Å². The Morgan fingerprint density at radius 2 is 1.82 bits per heavy atom. The van der Waals surface area contributed by atoms with E-state index in [1.54, 1.807) is 0 Å². The van der Waals surface area contributed by atoms with Crippen LogP contribution in [0.5, 0.6) is 17.2 Å². The summed E-state index contributed by atoms with van der Waals surface area (Å²) in [4.78, 5) is 0. The van der Waals surface area contributed by atoms with E-state index in [9.17, 15) is 22.7 Å². The summed E-state index contributed by atoms with van der Waals surface area (Å²) in [6, 6.07) is 6.78. The van der Waals surface area contributed by atoms with E-state index >= 15 is 0 Å². The van der Waals surface area contributed by atoms with Gasteiger partial charge < -0.3 is 14.6 Å². The Hall–Kier alpha value is -2.15. The fourth-order valence-corrected chi connectivity index (χ4v) is 1.88. The monoisotopic (exact) mass is 336 g/mol. The van der Waals surface area contributed by atoms with Gasteiger partial charge in [-0.15, -0.1) is 13.2 Å². The highest BCUT2D eigenvalue weighted by molar-refractivity contribution is 6.32. The van der Waals surface area contributed by atoms with Crippen LogP contribution in [0, 0.1) is 5.82 Å². The van der Waals surface area contributed by atoms with E-state index in [-0.39, 0.29) is 23.1 Å². The number of alkyl halides is 3. The van der Waals surface area contributed by atoms with E-state index in [0.717, 1.165) is 18.2 Å². The summed E-state index contributed by atoms with van der Waals surface area (Å²) >= 11 is 5.69. The number of halogens is 5. The highest BCUT2D eigenvalue weighted by atomic mass is 35.5. The standard InChI is InChI=1S/C14H9ClF4O3/c15-12-3-8(1-2-13(12)22-14(17,18)19)7-21-11-5-9(16)4-10(20)6-11/h1-6,20H,7H2. The second-order valence-corrected chi connectivity index (χ2v) is 4.65. The van der Waals surface area contributed by atoms with Crippen molar-refractivity contribution in [2.24, 2.45) is 0 Å². The molecule has 3 nitrogen and oxygen atoms in total. The normalized spacial score (nSPS) is 11.3. The molecule has 1 N–H and O–H groups in total. The topological polar surface area (TPSA) is 38.7 Å². The molecule has 0 aliphatic rings. The maximum absolute atomic E-state index is 13.0. The van der Waals surface area contributed by atoms with Gasteiger partial charge in [-0.1, -0.05) is 17.7 Å². The van der Waals surface area contributed by atoms with Crippen molar-refractivity contribution in [2.45, 2.75) is 13.0 Å². The van der Waals surface area contributed by atoms with Crippen LogP contribution in [-0.2, 0) is 6.61 Å². The molecule has 2 rings (SSSR count). The third kappa shape index (κ3) is 4.70. The SMILES string of the molecule is Oc1cc(F)cc(OCc2ccc(OC(F)(F)F)c(Cl)c2)c1. The largest absolute Gasteiger partial charge is 0.573 e. The zero-order valence-electron chi connectivity index (χ0n) is 10.8. The number of phenolic OH excluding ortho intramolecular Hbond substituents is 1. The van der Waals surface area contributed by atoms with E-state index in [0.29, 0.717) is 5.56 Å². The molecule has 0 spiro atoms. The van der Waals surface area contributed by atoms with Gasteiger partial charge in [-0.3, -0.25) is 0 Å². The van der Waals surface area contributed by atoms with Crippen molar-refractivity contribution in [1.82, 2.24) is 0 Å². The molecule has 0 aliphatic heterocycles. The van der Waals surface area contributed by atoms with Crippen LogP contribution in [0.15, 0.2) is 36.4 Å². The molecule has 0 heterocycles. The van der Waals surface area contributed by atoms with E-state index in [2.05, 4.69) is 4.74 Å². The summed E-state index contributed by atoms with van der Waals surface area (Å²) < 4.78 is 58.3. The zero-order chi connectivity index (χ0) is 16.3. The van der Waals surface area contributed by atoms with Crippen molar-refractivity contribution in [2.75, 3.05) is 0 Å². The first-order valence-corrected chi connectivity index (χ1v) is 6.27. The molecule has 0 saturated heterocycles. The Morgan fingerprint density at radius 3 is 2.41 bits per heavy atom. The fourth-order valence-electron chi connectivity index (χ4n) is 1.64. The molecule has 0 fully saturated rings. The quantitative estimate of drug-likeness (QED) is 0.825. The summed E-state index contributed by atoms with van der Waals surface area (Å²) in [5.74, 6) is -1.44. The lowest BCUT2D eigenvalue weighted by Gasteiger charge is -2.12. The second kappa shape index (κ2) is 6.31. The number of phenols is 1. The van der Waals surface area contributed by atoms with Gasteiger partial charge in [-0.25, -0.2) is 4.39 Å². The summed E-state index contributed by atoms with van der Waals surface area (Å²) in [5, 5.41) is 8.98. The first kappa shape index (κ1) is 16.2. The average molecular weight is 337 g/mol. The zero-order valence-corrected chi connectivity index (χ0v) is 11.6. The highest BCUT2D eigenvalue weighted by Gasteiger charge is 2.32. The molecular formula is C14H9ClF4O3. The lowest BCUT2D eigenvalue weighted by atomic mass is 10.2. The van der Waals surface area contributed by atoms with Gasteiger partial charge in [-0.2, -0.15) is 0 Å². The van der Waals surface area contributed by atoms with Gasteiger partial charge in [0.05, 0.1) is 5.02 Å². The first-order chi connectivity index (χ1) is 10.2. The van der Waals surface area contributed by atoms with Crippen molar-refractivity contribution in [3.8, 4) is 17.2 Å². The first-order valence-electron chi connectivity index (χ1n) is 5.89.